The van der Waals surface area contributed by atoms with E-state index in [1.165, 1.54) is 0 Å². The largest absolute Gasteiger partial charge is 0.381 e. The summed E-state index contributed by atoms with van der Waals surface area (Å²) in [5, 5.41) is 8.27. The Morgan fingerprint density at radius 1 is 1.31 bits per heavy atom. The Hall–Kier alpha value is -1.53. The second-order valence-electron chi connectivity index (χ2n) is 4.10. The maximum absolute atomic E-state index is 6.36. The van der Waals surface area contributed by atoms with E-state index < -0.39 is 5.54 Å². The van der Waals surface area contributed by atoms with Crippen LogP contribution >= 0.6 is 0 Å². The van der Waals surface area contributed by atoms with E-state index in [-0.39, 0.29) is 0 Å². The van der Waals surface area contributed by atoms with E-state index in [1.807, 2.05) is 10.5 Å². The molecule has 1 saturated heterocycles. The topological polar surface area (TPSA) is 78.3 Å². The zero-order chi connectivity index (χ0) is 11.0. The summed E-state index contributed by atoms with van der Waals surface area (Å²) in [5.41, 5.74) is 6.70. The highest BCUT2D eigenvalue weighted by molar-refractivity contribution is 5.36. The fourth-order valence-electron chi connectivity index (χ4n) is 2.04. The minimum atomic E-state index is -0.444. The first-order chi connectivity index (χ1) is 7.80. The number of hydrogen-bond acceptors (Lipinski definition) is 5. The van der Waals surface area contributed by atoms with Gasteiger partial charge in [0.25, 0.3) is 0 Å². The van der Waals surface area contributed by atoms with Gasteiger partial charge in [0.2, 0.25) is 0 Å². The Bertz CT molecular complexity index is 503. The summed E-state index contributed by atoms with van der Waals surface area (Å²) in [6, 6.07) is 1.82. The summed E-state index contributed by atoms with van der Waals surface area (Å²) < 4.78 is 7.17. The number of nitrogens with two attached hydrogens (primary N) is 1. The van der Waals surface area contributed by atoms with E-state index in [4.69, 9.17) is 10.5 Å². The van der Waals surface area contributed by atoms with Crippen LogP contribution in [-0.4, -0.2) is 32.8 Å². The average Bonchev–Trinajstić information content (AvgIpc) is 2.74. The van der Waals surface area contributed by atoms with E-state index in [1.54, 1.807) is 12.5 Å². The van der Waals surface area contributed by atoms with Crippen molar-refractivity contribution < 1.29 is 4.74 Å². The molecule has 1 aliphatic heterocycles. The first-order valence-electron chi connectivity index (χ1n) is 5.31. The van der Waals surface area contributed by atoms with Crippen molar-refractivity contribution in [3.63, 3.8) is 0 Å². The normalized spacial score (nSPS) is 20.1. The maximum atomic E-state index is 6.36. The number of fused-ring (bicyclic) bond motifs is 1. The van der Waals surface area contributed by atoms with Gasteiger partial charge in [-0.2, -0.15) is 0 Å². The number of hydrogen-bond donors (Lipinski definition) is 1. The predicted molar refractivity (Wildman–Crippen MR) is 56.7 cm³/mol. The highest BCUT2D eigenvalue weighted by Gasteiger charge is 2.34. The van der Waals surface area contributed by atoms with Crippen LogP contribution in [0.4, 0.5) is 0 Å². The fraction of sp³-hybridized carbons (Fsp3) is 0.500. The molecule has 2 N–H and O–H groups in total. The third-order valence-electron chi connectivity index (χ3n) is 3.04. The number of aromatic nitrogens is 4. The molecule has 3 heterocycles. The van der Waals surface area contributed by atoms with Crippen molar-refractivity contribution in [2.24, 2.45) is 5.73 Å². The van der Waals surface area contributed by atoms with Gasteiger partial charge in [-0.15, -0.1) is 10.2 Å². The summed E-state index contributed by atoms with van der Waals surface area (Å²) in [4.78, 5) is 4.07. The lowest BCUT2D eigenvalue weighted by molar-refractivity contribution is 0.0488. The van der Waals surface area contributed by atoms with E-state index in [2.05, 4.69) is 15.2 Å². The Morgan fingerprint density at radius 2 is 2.12 bits per heavy atom. The minimum absolute atomic E-state index is 0.444. The van der Waals surface area contributed by atoms with Gasteiger partial charge in [0.05, 0.1) is 5.54 Å². The monoisotopic (exact) mass is 219 g/mol. The van der Waals surface area contributed by atoms with Crippen LogP contribution in [0, 0.1) is 0 Å². The first kappa shape index (κ1) is 9.68. The molecule has 0 aliphatic carbocycles. The van der Waals surface area contributed by atoms with E-state index in [9.17, 15) is 0 Å². The zero-order valence-electron chi connectivity index (χ0n) is 8.83. The molecule has 6 nitrogen and oxygen atoms in total. The van der Waals surface area contributed by atoms with Gasteiger partial charge in [-0.1, -0.05) is 0 Å². The van der Waals surface area contributed by atoms with Crippen molar-refractivity contribution in [1.29, 1.82) is 0 Å². The molecule has 0 unspecified atom stereocenters. The molecule has 0 radical (unpaired) electrons. The summed E-state index contributed by atoms with van der Waals surface area (Å²) in [7, 11) is 0. The van der Waals surface area contributed by atoms with Gasteiger partial charge >= 0.3 is 0 Å². The quantitative estimate of drug-likeness (QED) is 0.735. The maximum Gasteiger partial charge on any atom is 0.163 e. The Kier molecular flexibility index (Phi) is 2.12. The van der Waals surface area contributed by atoms with Gasteiger partial charge in [-0.05, 0) is 12.8 Å². The van der Waals surface area contributed by atoms with Crippen molar-refractivity contribution in [3.8, 4) is 0 Å². The Balaban J connectivity index is 2.11. The SMILES string of the molecule is NC1(c2nnc3ccncn23)CCOCC1. The van der Waals surface area contributed by atoms with Crippen molar-refractivity contribution in [1.82, 2.24) is 19.6 Å². The molecule has 1 fully saturated rings. The summed E-state index contributed by atoms with van der Waals surface area (Å²) in [6.07, 6.45) is 4.93. The van der Waals surface area contributed by atoms with Crippen molar-refractivity contribution in [2.75, 3.05) is 13.2 Å². The number of ether oxygens (including phenoxy) is 1. The molecule has 0 spiro atoms. The van der Waals surface area contributed by atoms with E-state index in [0.717, 1.165) is 24.3 Å². The fourth-order valence-corrected chi connectivity index (χ4v) is 2.04. The van der Waals surface area contributed by atoms with Gasteiger partial charge in [-0.3, -0.25) is 4.40 Å². The molecule has 0 atom stereocenters. The van der Waals surface area contributed by atoms with E-state index >= 15 is 0 Å². The lowest BCUT2D eigenvalue weighted by Gasteiger charge is -2.31. The average molecular weight is 219 g/mol. The number of rotatable bonds is 1. The predicted octanol–water partition coefficient (Wildman–Crippen LogP) is 0.0887. The molecule has 6 heteroatoms. The molecule has 84 valence electrons. The first-order valence-corrected chi connectivity index (χ1v) is 5.31. The van der Waals surface area contributed by atoms with Crippen LogP contribution < -0.4 is 5.73 Å². The standard InChI is InChI=1S/C10H13N5O/c11-10(2-5-16-6-3-10)9-14-13-8-1-4-12-7-15(8)9/h1,4,7H,2-3,5-6,11H2. The van der Waals surface area contributed by atoms with Gasteiger partial charge in [0.15, 0.2) is 11.5 Å². The lowest BCUT2D eigenvalue weighted by atomic mass is 9.90. The van der Waals surface area contributed by atoms with Crippen LogP contribution in [-0.2, 0) is 10.3 Å². The van der Waals surface area contributed by atoms with E-state index in [0.29, 0.717) is 13.2 Å². The van der Waals surface area contributed by atoms with Crippen LogP contribution in [0.3, 0.4) is 0 Å². The van der Waals surface area contributed by atoms with Crippen LogP contribution in [0.5, 0.6) is 0 Å². The molecule has 1 aliphatic rings. The highest BCUT2D eigenvalue weighted by Crippen LogP contribution is 2.27. The van der Waals surface area contributed by atoms with Crippen LogP contribution in [0.25, 0.3) is 5.65 Å². The van der Waals surface area contributed by atoms with Crippen LogP contribution in [0.2, 0.25) is 0 Å². The second kappa shape index (κ2) is 3.50. The summed E-state index contributed by atoms with van der Waals surface area (Å²) in [5.74, 6) is 0.777. The number of nitrogens with zero attached hydrogens (tertiary/aromatic N) is 4. The van der Waals surface area contributed by atoms with Crippen LogP contribution in [0.1, 0.15) is 18.7 Å². The van der Waals surface area contributed by atoms with Crippen molar-refractivity contribution >= 4 is 5.65 Å². The summed E-state index contributed by atoms with van der Waals surface area (Å²) in [6.45, 7) is 1.34. The van der Waals surface area contributed by atoms with Gasteiger partial charge in [0.1, 0.15) is 6.33 Å². The minimum Gasteiger partial charge on any atom is -0.381 e. The molecule has 2 aromatic heterocycles. The Labute approximate surface area is 92.4 Å². The molecular formula is C10H13N5O. The highest BCUT2D eigenvalue weighted by atomic mass is 16.5. The molecule has 2 aromatic rings. The Morgan fingerprint density at radius 3 is 2.94 bits per heavy atom. The molecule has 0 aromatic carbocycles. The smallest absolute Gasteiger partial charge is 0.163 e. The second-order valence-corrected chi connectivity index (χ2v) is 4.10. The van der Waals surface area contributed by atoms with Crippen molar-refractivity contribution in [2.45, 2.75) is 18.4 Å². The third kappa shape index (κ3) is 1.38. The molecule has 3 rings (SSSR count). The van der Waals surface area contributed by atoms with Crippen molar-refractivity contribution in [3.05, 3.63) is 24.4 Å². The molecule has 0 bridgehead atoms. The van der Waals surface area contributed by atoms with Crippen LogP contribution in [0.15, 0.2) is 18.6 Å². The summed E-state index contributed by atoms with van der Waals surface area (Å²) >= 11 is 0. The molecule has 16 heavy (non-hydrogen) atoms. The molecule has 0 saturated carbocycles. The third-order valence-corrected chi connectivity index (χ3v) is 3.04. The van der Waals surface area contributed by atoms with Gasteiger partial charge < -0.3 is 10.5 Å². The zero-order valence-corrected chi connectivity index (χ0v) is 8.83. The molecule has 0 amide bonds. The van der Waals surface area contributed by atoms with Gasteiger partial charge in [0, 0.05) is 25.5 Å². The lowest BCUT2D eigenvalue weighted by Crippen LogP contribution is -2.43. The molecular weight excluding hydrogens is 206 g/mol. The van der Waals surface area contributed by atoms with Gasteiger partial charge in [-0.25, -0.2) is 4.98 Å².